The van der Waals surface area contributed by atoms with Crippen molar-refractivity contribution < 1.29 is 19.1 Å². The van der Waals surface area contributed by atoms with Crippen LogP contribution in [-0.4, -0.2) is 53.3 Å². The molecule has 7 rings (SSSR count). The Bertz CT molecular complexity index is 1610. The number of nitrogens with zero attached hydrogens (tertiary/aromatic N) is 2. The topological polar surface area (TPSA) is 59.1 Å². The molecule has 4 heterocycles. The van der Waals surface area contributed by atoms with E-state index in [2.05, 4.69) is 92.2 Å². The first kappa shape index (κ1) is 26.3. The lowest BCUT2D eigenvalue weighted by atomic mass is 9.76. The summed E-state index contributed by atoms with van der Waals surface area (Å²) >= 11 is 0. The van der Waals surface area contributed by atoms with Crippen LogP contribution in [-0.2, 0) is 25.3 Å². The van der Waals surface area contributed by atoms with E-state index < -0.39 is 13.7 Å². The van der Waals surface area contributed by atoms with Gasteiger partial charge in [0.15, 0.2) is 5.60 Å². The fourth-order valence-corrected chi connectivity index (χ4v) is 10.3. The number of hydrogen-bond donors (Lipinski definition) is 0. The molecule has 0 amide bonds. The zero-order chi connectivity index (χ0) is 28.9. The summed E-state index contributed by atoms with van der Waals surface area (Å²) in [5.74, 6) is -0.506. The van der Waals surface area contributed by atoms with Gasteiger partial charge in [0.1, 0.15) is 8.07 Å². The van der Waals surface area contributed by atoms with Crippen LogP contribution in [0.4, 0.5) is 11.4 Å². The van der Waals surface area contributed by atoms with Gasteiger partial charge in [0.2, 0.25) is 0 Å². The number of rotatable bonds is 3. The summed E-state index contributed by atoms with van der Waals surface area (Å²) in [4.78, 5) is 30.4. The molecule has 4 aliphatic rings. The molecule has 7 heteroatoms. The number of fused-ring (bicyclic) bond motifs is 6. The summed E-state index contributed by atoms with van der Waals surface area (Å²) in [6.07, 6.45) is 1.22. The third-order valence-corrected chi connectivity index (χ3v) is 13.4. The highest BCUT2D eigenvalue weighted by Crippen LogP contribution is 2.50. The molecule has 3 aromatic rings. The first-order valence-electron chi connectivity index (χ1n) is 14.7. The summed E-state index contributed by atoms with van der Waals surface area (Å²) in [5, 5.41) is 2.61. The van der Waals surface area contributed by atoms with E-state index in [-0.39, 0.29) is 23.3 Å². The smallest absolute Gasteiger partial charge is 0.340 e. The molecule has 0 bridgehead atoms. The lowest BCUT2D eigenvalue weighted by Crippen LogP contribution is -2.63. The minimum atomic E-state index is -2.23. The SMILES string of the molecule is COC(=O)C1CN(c2ccc3c(c2)[Si](C)(C)c2cc(N4CCC4)ccc2C32OC(=O)c3ccc(C(C)(C)C)cc32)C1. The maximum absolute atomic E-state index is 13.6. The molecule has 0 N–H and O–H groups in total. The van der Waals surface area contributed by atoms with Crippen molar-refractivity contribution in [2.24, 2.45) is 5.92 Å². The number of esters is 2. The van der Waals surface area contributed by atoms with Crippen molar-refractivity contribution in [3.05, 3.63) is 82.4 Å². The number of ether oxygens (including phenoxy) is 2. The Labute approximate surface area is 243 Å². The molecule has 2 fully saturated rings. The van der Waals surface area contributed by atoms with Crippen molar-refractivity contribution in [2.75, 3.05) is 43.1 Å². The van der Waals surface area contributed by atoms with Crippen LogP contribution in [0.25, 0.3) is 0 Å². The summed E-state index contributed by atoms with van der Waals surface area (Å²) in [5.41, 5.74) is 6.25. The van der Waals surface area contributed by atoms with Crippen LogP contribution in [0.5, 0.6) is 0 Å². The second kappa shape index (κ2) is 8.71. The molecule has 3 aromatic carbocycles. The third kappa shape index (κ3) is 3.67. The Hall–Kier alpha value is -3.58. The van der Waals surface area contributed by atoms with Crippen molar-refractivity contribution in [1.82, 2.24) is 0 Å². The third-order valence-electron chi connectivity index (χ3n) is 9.84. The van der Waals surface area contributed by atoms with Crippen LogP contribution < -0.4 is 20.2 Å². The summed E-state index contributed by atoms with van der Waals surface area (Å²) in [7, 11) is -0.779. The van der Waals surface area contributed by atoms with Crippen LogP contribution in [0.15, 0.2) is 54.6 Å². The van der Waals surface area contributed by atoms with Gasteiger partial charge in [0.05, 0.1) is 18.6 Å². The van der Waals surface area contributed by atoms with Crippen molar-refractivity contribution in [1.29, 1.82) is 0 Å². The van der Waals surface area contributed by atoms with E-state index in [0.717, 1.165) is 35.5 Å². The van der Waals surface area contributed by atoms with E-state index in [1.165, 1.54) is 35.2 Å². The maximum Gasteiger partial charge on any atom is 0.340 e. The molecule has 2 saturated heterocycles. The highest BCUT2D eigenvalue weighted by molar-refractivity contribution is 7.01. The van der Waals surface area contributed by atoms with Gasteiger partial charge in [-0.1, -0.05) is 52.1 Å². The zero-order valence-corrected chi connectivity index (χ0v) is 25.8. The number of anilines is 2. The van der Waals surface area contributed by atoms with Crippen molar-refractivity contribution in [3.8, 4) is 0 Å². The van der Waals surface area contributed by atoms with Crippen LogP contribution in [0.3, 0.4) is 0 Å². The van der Waals surface area contributed by atoms with Gasteiger partial charge in [-0.2, -0.15) is 0 Å². The molecule has 1 spiro atoms. The number of methoxy groups -OCH3 is 1. The van der Waals surface area contributed by atoms with E-state index in [4.69, 9.17) is 9.47 Å². The van der Waals surface area contributed by atoms with Crippen LogP contribution in [0.2, 0.25) is 13.1 Å². The van der Waals surface area contributed by atoms with Crippen LogP contribution in [0, 0.1) is 5.92 Å². The Kier molecular flexibility index (Phi) is 5.59. The minimum Gasteiger partial charge on any atom is -0.469 e. The Morgan fingerprint density at radius 2 is 1.51 bits per heavy atom. The Morgan fingerprint density at radius 3 is 2.05 bits per heavy atom. The molecule has 4 aliphatic heterocycles. The average molecular weight is 567 g/mol. The predicted octanol–water partition coefficient (Wildman–Crippen LogP) is 4.40. The fourth-order valence-electron chi connectivity index (χ4n) is 7.10. The van der Waals surface area contributed by atoms with Crippen LogP contribution in [0.1, 0.15) is 59.8 Å². The molecule has 0 saturated carbocycles. The first-order valence-corrected chi connectivity index (χ1v) is 17.7. The number of carbonyl (C=O) groups excluding carboxylic acids is 2. The highest BCUT2D eigenvalue weighted by Gasteiger charge is 2.56. The molecule has 0 aliphatic carbocycles. The number of benzene rings is 3. The van der Waals surface area contributed by atoms with E-state index in [9.17, 15) is 9.59 Å². The van der Waals surface area contributed by atoms with Crippen molar-refractivity contribution >= 4 is 41.8 Å². The van der Waals surface area contributed by atoms with E-state index >= 15 is 0 Å². The summed E-state index contributed by atoms with van der Waals surface area (Å²) < 4.78 is 11.6. The van der Waals surface area contributed by atoms with Crippen LogP contribution >= 0.6 is 0 Å². The van der Waals surface area contributed by atoms with Gasteiger partial charge < -0.3 is 19.3 Å². The summed E-state index contributed by atoms with van der Waals surface area (Å²) in [6, 6.07) is 19.7. The molecular formula is C34H38N2O4Si. The first-order chi connectivity index (χ1) is 19.4. The lowest BCUT2D eigenvalue weighted by Gasteiger charge is -2.46. The van der Waals surface area contributed by atoms with Gasteiger partial charge in [-0.25, -0.2) is 4.79 Å². The quantitative estimate of drug-likeness (QED) is 0.346. The molecule has 0 radical (unpaired) electrons. The molecule has 41 heavy (non-hydrogen) atoms. The molecule has 0 aromatic heterocycles. The Morgan fingerprint density at radius 1 is 0.902 bits per heavy atom. The van der Waals surface area contributed by atoms with Crippen molar-refractivity contribution in [2.45, 2.75) is 51.3 Å². The molecule has 6 nitrogen and oxygen atoms in total. The molecule has 1 unspecified atom stereocenters. The van der Waals surface area contributed by atoms with E-state index in [1.54, 1.807) is 0 Å². The van der Waals surface area contributed by atoms with Gasteiger partial charge in [0, 0.05) is 54.2 Å². The number of carbonyl (C=O) groups is 2. The van der Waals surface area contributed by atoms with E-state index in [1.807, 2.05) is 6.07 Å². The molecule has 1 atom stereocenters. The number of hydrogen-bond acceptors (Lipinski definition) is 6. The van der Waals surface area contributed by atoms with E-state index in [0.29, 0.717) is 18.7 Å². The highest BCUT2D eigenvalue weighted by atomic mass is 28.3. The second-order valence-electron chi connectivity index (χ2n) is 13.6. The van der Waals surface area contributed by atoms with Gasteiger partial charge in [-0.3, -0.25) is 4.79 Å². The zero-order valence-electron chi connectivity index (χ0n) is 24.8. The normalized spacial score (nSPS) is 22.3. The minimum absolute atomic E-state index is 0.0743. The van der Waals surface area contributed by atoms with Crippen molar-refractivity contribution in [3.63, 3.8) is 0 Å². The molecular weight excluding hydrogens is 528 g/mol. The monoisotopic (exact) mass is 566 g/mol. The largest absolute Gasteiger partial charge is 0.469 e. The predicted molar refractivity (Wildman–Crippen MR) is 165 cm³/mol. The lowest BCUT2D eigenvalue weighted by molar-refractivity contribution is -0.146. The Balaban J connectivity index is 1.45. The van der Waals surface area contributed by atoms with Gasteiger partial charge in [0.25, 0.3) is 0 Å². The fraction of sp³-hybridized carbons (Fsp3) is 0.412. The van der Waals surface area contributed by atoms with Gasteiger partial charge in [-0.05, 0) is 64.2 Å². The second-order valence-corrected chi connectivity index (χ2v) is 18.0. The standard InChI is InChI=1S/C34H38N2O4Si/c1-33(2,3)22-8-11-25-28(16-22)34(40-32(25)38)26-12-9-23(35-14-7-15-35)17-29(26)41(5,6)30-18-24(10-13-27(30)34)36-19-21(20-36)31(37)39-4/h8-13,16-18,21H,7,14-15,19-20H2,1-6H3. The van der Waals surface area contributed by atoms with Gasteiger partial charge >= 0.3 is 11.9 Å². The average Bonchev–Trinajstić information content (AvgIpc) is 3.17. The molecule has 212 valence electrons. The summed E-state index contributed by atoms with van der Waals surface area (Å²) in [6.45, 7) is 14.9. The van der Waals surface area contributed by atoms with Gasteiger partial charge in [-0.15, -0.1) is 0 Å². The maximum atomic E-state index is 13.6.